The van der Waals surface area contributed by atoms with Crippen LogP contribution in [0.5, 0.6) is 0 Å². The smallest absolute Gasteiger partial charge is 0.205 e. The maximum Gasteiger partial charge on any atom is 0.205 e. The number of nitrogens with one attached hydrogen (secondary N) is 1. The summed E-state index contributed by atoms with van der Waals surface area (Å²) < 4.78 is 0. The molecule has 0 amide bonds. The lowest BCUT2D eigenvalue weighted by Gasteiger charge is -2.00. The first kappa shape index (κ1) is 11.7. The van der Waals surface area contributed by atoms with Crippen LogP contribution in [0.3, 0.4) is 0 Å². The highest BCUT2D eigenvalue weighted by Gasteiger charge is 2.05. The highest BCUT2D eigenvalue weighted by Crippen LogP contribution is 2.30. The van der Waals surface area contributed by atoms with Crippen LogP contribution in [0.25, 0.3) is 0 Å². The third-order valence-corrected chi connectivity index (χ3v) is 4.52. The van der Waals surface area contributed by atoms with E-state index >= 15 is 0 Å². The molecule has 0 fully saturated rings. The highest BCUT2D eigenvalue weighted by atomic mass is 35.5. The van der Waals surface area contributed by atoms with E-state index in [-0.39, 0.29) is 0 Å². The summed E-state index contributed by atoms with van der Waals surface area (Å²) in [6.07, 6.45) is 0. The lowest BCUT2D eigenvalue weighted by atomic mass is 10.4. The normalized spacial score (nSPS) is 10.4. The fraction of sp³-hybridized carbons (Fsp3) is 0.200. The van der Waals surface area contributed by atoms with Gasteiger partial charge in [0.05, 0.1) is 10.8 Å². The quantitative estimate of drug-likeness (QED) is 0.864. The molecule has 2 rings (SSSR count). The molecule has 1 aromatic heterocycles. The molecule has 1 heterocycles. The van der Waals surface area contributed by atoms with Gasteiger partial charge in [0.25, 0.3) is 0 Å². The third-order valence-electron chi connectivity index (χ3n) is 1.87. The van der Waals surface area contributed by atoms with Gasteiger partial charge < -0.3 is 5.32 Å². The molecule has 0 saturated carbocycles. The van der Waals surface area contributed by atoms with Crippen LogP contribution in [0.2, 0.25) is 5.02 Å². The number of hydrogen-bond donors (Lipinski definition) is 1. The molecule has 0 aliphatic heterocycles. The summed E-state index contributed by atoms with van der Waals surface area (Å²) in [5.41, 5.74) is 0. The van der Waals surface area contributed by atoms with E-state index in [0.717, 1.165) is 25.8 Å². The monoisotopic (exact) mass is 271 g/mol. The van der Waals surface area contributed by atoms with Gasteiger partial charge in [-0.2, -0.15) is 0 Å². The van der Waals surface area contributed by atoms with E-state index < -0.39 is 0 Å². The van der Waals surface area contributed by atoms with Crippen molar-refractivity contribution in [3.63, 3.8) is 0 Å². The number of anilines is 1. The standard InChI is InChI=1S/C10H10ClN3S2/c1-12-10-14-13-9(16-10)6-15-8-5-3-2-4-7(8)11/h2-5H,6H2,1H3,(H,12,14). The summed E-state index contributed by atoms with van der Waals surface area (Å²) in [5, 5.41) is 13.6. The Hall–Kier alpha value is -0.780. The number of rotatable bonds is 4. The van der Waals surface area contributed by atoms with Crippen LogP contribution < -0.4 is 5.32 Å². The molecule has 2 aromatic rings. The number of nitrogens with zero attached hydrogens (tertiary/aromatic N) is 2. The Morgan fingerprint density at radius 1 is 1.38 bits per heavy atom. The number of aromatic nitrogens is 2. The first-order valence-electron chi connectivity index (χ1n) is 4.67. The minimum atomic E-state index is 0.783. The molecule has 0 saturated heterocycles. The topological polar surface area (TPSA) is 37.8 Å². The van der Waals surface area contributed by atoms with Crippen LogP contribution in [-0.4, -0.2) is 17.2 Å². The molecule has 0 bridgehead atoms. The number of halogens is 1. The van der Waals surface area contributed by atoms with Gasteiger partial charge in [0, 0.05) is 11.9 Å². The number of hydrogen-bond acceptors (Lipinski definition) is 5. The van der Waals surface area contributed by atoms with Gasteiger partial charge in [-0.1, -0.05) is 35.1 Å². The first-order chi connectivity index (χ1) is 7.79. The summed E-state index contributed by atoms with van der Waals surface area (Å²) in [4.78, 5) is 1.07. The second-order valence-electron chi connectivity index (χ2n) is 2.97. The SMILES string of the molecule is CNc1nnc(CSc2ccccc2Cl)s1. The first-order valence-corrected chi connectivity index (χ1v) is 6.85. The van der Waals surface area contributed by atoms with Gasteiger partial charge in [-0.3, -0.25) is 0 Å². The van der Waals surface area contributed by atoms with Gasteiger partial charge in [0.1, 0.15) is 5.01 Å². The van der Waals surface area contributed by atoms with E-state index in [2.05, 4.69) is 15.5 Å². The van der Waals surface area contributed by atoms with E-state index in [4.69, 9.17) is 11.6 Å². The van der Waals surface area contributed by atoms with Crippen LogP contribution in [0.4, 0.5) is 5.13 Å². The highest BCUT2D eigenvalue weighted by molar-refractivity contribution is 7.98. The molecule has 0 aliphatic carbocycles. The molecule has 1 N–H and O–H groups in total. The van der Waals surface area contributed by atoms with E-state index in [9.17, 15) is 0 Å². The zero-order valence-electron chi connectivity index (χ0n) is 8.61. The Bertz CT molecular complexity index is 473. The van der Waals surface area contributed by atoms with Crippen molar-refractivity contribution in [1.82, 2.24) is 10.2 Å². The Morgan fingerprint density at radius 2 is 2.19 bits per heavy atom. The van der Waals surface area contributed by atoms with Gasteiger partial charge in [-0.05, 0) is 12.1 Å². The summed E-state index contributed by atoms with van der Waals surface area (Å²) in [6.45, 7) is 0. The van der Waals surface area contributed by atoms with Gasteiger partial charge in [-0.15, -0.1) is 22.0 Å². The maximum atomic E-state index is 6.06. The average Bonchev–Trinajstić information content (AvgIpc) is 2.76. The minimum Gasteiger partial charge on any atom is -0.363 e. The molecule has 0 atom stereocenters. The minimum absolute atomic E-state index is 0.783. The Balaban J connectivity index is 1.99. The summed E-state index contributed by atoms with van der Waals surface area (Å²) in [5.74, 6) is 0.795. The van der Waals surface area contributed by atoms with Crippen molar-refractivity contribution >= 4 is 39.8 Å². The summed E-state index contributed by atoms with van der Waals surface area (Å²) in [7, 11) is 1.84. The molecule has 16 heavy (non-hydrogen) atoms. The van der Waals surface area contributed by atoms with Crippen molar-refractivity contribution in [3.8, 4) is 0 Å². The van der Waals surface area contributed by atoms with E-state index in [1.165, 1.54) is 0 Å². The lowest BCUT2D eigenvalue weighted by Crippen LogP contribution is -1.84. The summed E-state index contributed by atoms with van der Waals surface area (Å²) >= 11 is 9.29. The van der Waals surface area contributed by atoms with Crippen molar-refractivity contribution in [3.05, 3.63) is 34.3 Å². The van der Waals surface area contributed by atoms with Crippen LogP contribution >= 0.6 is 34.7 Å². The largest absolute Gasteiger partial charge is 0.363 e. The molecular formula is C10H10ClN3S2. The molecule has 0 radical (unpaired) electrons. The number of thioether (sulfide) groups is 1. The van der Waals surface area contributed by atoms with Crippen LogP contribution in [0, 0.1) is 0 Å². The fourth-order valence-corrected chi connectivity index (χ4v) is 3.03. The molecule has 0 unspecified atom stereocenters. The van der Waals surface area contributed by atoms with Crippen molar-refractivity contribution in [1.29, 1.82) is 0 Å². The zero-order chi connectivity index (χ0) is 11.4. The second kappa shape index (κ2) is 5.52. The lowest BCUT2D eigenvalue weighted by molar-refractivity contribution is 1.04. The van der Waals surface area contributed by atoms with E-state index in [1.807, 2.05) is 31.3 Å². The molecule has 6 heteroatoms. The van der Waals surface area contributed by atoms with Gasteiger partial charge in [-0.25, -0.2) is 0 Å². The van der Waals surface area contributed by atoms with Crippen molar-refractivity contribution < 1.29 is 0 Å². The fourth-order valence-electron chi connectivity index (χ4n) is 1.11. The average molecular weight is 272 g/mol. The Morgan fingerprint density at radius 3 is 2.88 bits per heavy atom. The zero-order valence-corrected chi connectivity index (χ0v) is 11.0. The van der Waals surface area contributed by atoms with Gasteiger partial charge in [0.2, 0.25) is 5.13 Å². The molecule has 0 spiro atoms. The predicted molar refractivity (Wildman–Crippen MR) is 70.5 cm³/mol. The van der Waals surface area contributed by atoms with Crippen molar-refractivity contribution in [2.75, 3.05) is 12.4 Å². The van der Waals surface area contributed by atoms with E-state index in [1.54, 1.807) is 23.1 Å². The molecular weight excluding hydrogens is 262 g/mol. The molecule has 84 valence electrons. The maximum absolute atomic E-state index is 6.06. The third kappa shape index (κ3) is 2.87. The molecule has 1 aromatic carbocycles. The molecule has 0 aliphatic rings. The Kier molecular flexibility index (Phi) is 4.04. The van der Waals surface area contributed by atoms with Gasteiger partial charge >= 0.3 is 0 Å². The van der Waals surface area contributed by atoms with Crippen LogP contribution in [0.1, 0.15) is 5.01 Å². The number of benzene rings is 1. The summed E-state index contributed by atoms with van der Waals surface area (Å²) in [6, 6.07) is 7.81. The van der Waals surface area contributed by atoms with Crippen molar-refractivity contribution in [2.24, 2.45) is 0 Å². The molecule has 3 nitrogen and oxygen atoms in total. The Labute approximate surface area is 107 Å². The predicted octanol–water partition coefficient (Wildman–Crippen LogP) is 3.53. The van der Waals surface area contributed by atoms with Crippen LogP contribution in [0.15, 0.2) is 29.2 Å². The van der Waals surface area contributed by atoms with E-state index in [0.29, 0.717) is 0 Å². The van der Waals surface area contributed by atoms with Gasteiger partial charge in [0.15, 0.2) is 0 Å². The van der Waals surface area contributed by atoms with Crippen LogP contribution in [-0.2, 0) is 5.75 Å². The van der Waals surface area contributed by atoms with Crippen molar-refractivity contribution in [2.45, 2.75) is 10.6 Å². The second-order valence-corrected chi connectivity index (χ2v) is 5.46.